The molecule has 0 saturated heterocycles. The first kappa shape index (κ1) is 16.1. The minimum Gasteiger partial charge on any atom is -0.397 e. The summed E-state index contributed by atoms with van der Waals surface area (Å²) in [6, 6.07) is 2.83. The van der Waals surface area contributed by atoms with Gasteiger partial charge in [0.2, 0.25) is 5.91 Å². The molecule has 3 N–H and O–H groups in total. The molecule has 0 aliphatic heterocycles. The number of nitrogens with two attached hydrogens (primary N) is 1. The first-order chi connectivity index (χ1) is 8.75. The van der Waals surface area contributed by atoms with Crippen molar-refractivity contribution >= 4 is 50.3 Å². The van der Waals surface area contributed by atoms with Crippen LogP contribution < -0.4 is 11.1 Å². The van der Waals surface area contributed by atoms with Crippen molar-refractivity contribution in [3.8, 4) is 0 Å². The number of nitrogen functional groups attached to an aromatic ring is 1. The van der Waals surface area contributed by atoms with Crippen LogP contribution in [-0.4, -0.2) is 25.8 Å². The van der Waals surface area contributed by atoms with E-state index in [0.29, 0.717) is 11.4 Å². The van der Waals surface area contributed by atoms with E-state index in [-0.39, 0.29) is 22.2 Å². The number of carbonyl (C=O) groups excluding carboxylic acids is 1. The van der Waals surface area contributed by atoms with Gasteiger partial charge in [-0.05, 0) is 18.6 Å². The molecule has 0 fully saturated rings. The van der Waals surface area contributed by atoms with Crippen LogP contribution in [0.1, 0.15) is 13.3 Å². The topological polar surface area (TPSA) is 89.3 Å². The summed E-state index contributed by atoms with van der Waals surface area (Å²) in [5.41, 5.74) is 6.01. The minimum atomic E-state index is -3.41. The Labute approximate surface area is 122 Å². The van der Waals surface area contributed by atoms with Crippen molar-refractivity contribution in [3.63, 3.8) is 0 Å². The van der Waals surface area contributed by atoms with Crippen molar-refractivity contribution in [2.75, 3.05) is 22.6 Å². The summed E-state index contributed by atoms with van der Waals surface area (Å²) >= 11 is 11.6. The van der Waals surface area contributed by atoms with Gasteiger partial charge in [-0.15, -0.1) is 0 Å². The number of halogens is 2. The standard InChI is InChI=1S/C11H14Cl2N2O3S/c1-2-3-19(17,18)6-10(16)15-11-8(13)4-7(12)5-9(11)14/h4-5H,2-3,6,14H2,1H3,(H,15,16). The lowest BCUT2D eigenvalue weighted by molar-refractivity contribution is -0.113. The van der Waals surface area contributed by atoms with E-state index in [2.05, 4.69) is 5.32 Å². The maximum Gasteiger partial charge on any atom is 0.239 e. The van der Waals surface area contributed by atoms with Gasteiger partial charge in [0.25, 0.3) is 0 Å². The molecule has 0 unspecified atom stereocenters. The molecular weight excluding hydrogens is 311 g/mol. The smallest absolute Gasteiger partial charge is 0.239 e. The van der Waals surface area contributed by atoms with Gasteiger partial charge in [0.15, 0.2) is 9.84 Å². The van der Waals surface area contributed by atoms with Gasteiger partial charge in [0.05, 0.1) is 22.2 Å². The molecule has 8 heteroatoms. The highest BCUT2D eigenvalue weighted by atomic mass is 35.5. The zero-order valence-electron chi connectivity index (χ0n) is 10.2. The van der Waals surface area contributed by atoms with Gasteiger partial charge in [0.1, 0.15) is 5.75 Å². The number of anilines is 2. The van der Waals surface area contributed by atoms with E-state index in [0.717, 1.165) is 0 Å². The van der Waals surface area contributed by atoms with Gasteiger partial charge < -0.3 is 11.1 Å². The molecule has 19 heavy (non-hydrogen) atoms. The molecule has 5 nitrogen and oxygen atoms in total. The maximum atomic E-state index is 11.7. The first-order valence-electron chi connectivity index (χ1n) is 5.50. The van der Waals surface area contributed by atoms with Gasteiger partial charge in [0, 0.05) is 5.02 Å². The van der Waals surface area contributed by atoms with Crippen molar-refractivity contribution in [1.82, 2.24) is 0 Å². The van der Waals surface area contributed by atoms with Crippen molar-refractivity contribution in [2.24, 2.45) is 0 Å². The number of benzene rings is 1. The Morgan fingerprint density at radius 3 is 2.53 bits per heavy atom. The Hall–Kier alpha value is -0.980. The third-order valence-corrected chi connectivity index (χ3v) is 4.46. The lowest BCUT2D eigenvalue weighted by atomic mass is 10.2. The summed E-state index contributed by atoms with van der Waals surface area (Å²) in [4.78, 5) is 11.7. The lowest BCUT2D eigenvalue weighted by Gasteiger charge is -2.10. The molecule has 0 aliphatic rings. The third kappa shape index (κ3) is 4.89. The van der Waals surface area contributed by atoms with Crippen LogP contribution in [0.25, 0.3) is 0 Å². The van der Waals surface area contributed by atoms with Gasteiger partial charge in [-0.3, -0.25) is 4.79 Å². The SMILES string of the molecule is CCCS(=O)(=O)CC(=O)Nc1c(N)cc(Cl)cc1Cl. The predicted molar refractivity (Wildman–Crippen MR) is 78.4 cm³/mol. The van der Waals surface area contributed by atoms with Gasteiger partial charge in [-0.25, -0.2) is 8.42 Å². The maximum absolute atomic E-state index is 11.7. The van der Waals surface area contributed by atoms with Crippen LogP contribution in [0.5, 0.6) is 0 Å². The van der Waals surface area contributed by atoms with Gasteiger partial charge in [-0.1, -0.05) is 30.1 Å². The molecule has 1 aromatic carbocycles. The zero-order chi connectivity index (χ0) is 14.6. The van der Waals surface area contributed by atoms with Crippen LogP contribution in [-0.2, 0) is 14.6 Å². The molecule has 0 aromatic heterocycles. The van der Waals surface area contributed by atoms with Crippen molar-refractivity contribution < 1.29 is 13.2 Å². The summed E-state index contributed by atoms with van der Waals surface area (Å²) < 4.78 is 23.0. The normalized spacial score (nSPS) is 11.3. The molecule has 0 aliphatic carbocycles. The Balaban J connectivity index is 2.84. The number of sulfone groups is 1. The third-order valence-electron chi connectivity index (χ3n) is 2.22. The second kappa shape index (κ2) is 6.45. The lowest BCUT2D eigenvalue weighted by Crippen LogP contribution is -2.25. The Morgan fingerprint density at radius 2 is 2.00 bits per heavy atom. The average molecular weight is 325 g/mol. The Kier molecular flexibility index (Phi) is 5.46. The highest BCUT2D eigenvalue weighted by Gasteiger charge is 2.17. The molecule has 0 heterocycles. The molecule has 0 atom stereocenters. The van der Waals surface area contributed by atoms with Crippen LogP contribution in [0.4, 0.5) is 11.4 Å². The summed E-state index contributed by atoms with van der Waals surface area (Å²) in [5, 5.41) is 2.88. The van der Waals surface area contributed by atoms with Crippen molar-refractivity contribution in [3.05, 3.63) is 22.2 Å². The molecule has 106 valence electrons. The largest absolute Gasteiger partial charge is 0.397 e. The highest BCUT2D eigenvalue weighted by molar-refractivity contribution is 7.92. The number of carbonyl (C=O) groups is 1. The van der Waals surface area contributed by atoms with Crippen molar-refractivity contribution in [1.29, 1.82) is 0 Å². The summed E-state index contributed by atoms with van der Waals surface area (Å²) in [5.74, 6) is -1.31. The predicted octanol–water partition coefficient (Wildman–Crippen LogP) is 2.34. The second-order valence-corrected chi connectivity index (χ2v) is 7.02. The average Bonchev–Trinajstić information content (AvgIpc) is 2.22. The molecule has 0 saturated carbocycles. The van der Waals surface area contributed by atoms with E-state index in [1.165, 1.54) is 12.1 Å². The molecule has 0 spiro atoms. The number of nitrogens with one attached hydrogen (secondary N) is 1. The first-order valence-corrected chi connectivity index (χ1v) is 8.07. The van der Waals surface area contributed by atoms with Crippen LogP contribution in [0, 0.1) is 0 Å². The molecule has 1 rings (SSSR count). The zero-order valence-corrected chi connectivity index (χ0v) is 12.6. The van der Waals surface area contributed by atoms with Crippen LogP contribution in [0.3, 0.4) is 0 Å². The number of hydrogen-bond acceptors (Lipinski definition) is 4. The van der Waals surface area contributed by atoms with Crippen LogP contribution >= 0.6 is 23.2 Å². The fourth-order valence-corrected chi connectivity index (χ4v) is 3.28. The monoisotopic (exact) mass is 324 g/mol. The number of amides is 1. The molecule has 1 aromatic rings. The summed E-state index contributed by atoms with van der Waals surface area (Å²) in [6.45, 7) is 1.73. The van der Waals surface area contributed by atoms with E-state index < -0.39 is 21.5 Å². The van der Waals surface area contributed by atoms with E-state index in [1.54, 1.807) is 6.92 Å². The second-order valence-electron chi connectivity index (χ2n) is 3.99. The summed E-state index contributed by atoms with van der Waals surface area (Å²) in [6.07, 6.45) is 0.458. The molecule has 0 bridgehead atoms. The van der Waals surface area contributed by atoms with E-state index >= 15 is 0 Å². The fourth-order valence-electron chi connectivity index (χ4n) is 1.48. The van der Waals surface area contributed by atoms with E-state index in [9.17, 15) is 13.2 Å². The van der Waals surface area contributed by atoms with E-state index in [4.69, 9.17) is 28.9 Å². The number of rotatable bonds is 5. The van der Waals surface area contributed by atoms with Crippen molar-refractivity contribution in [2.45, 2.75) is 13.3 Å². The molecule has 0 radical (unpaired) electrons. The van der Waals surface area contributed by atoms with E-state index in [1.807, 2.05) is 0 Å². The fraction of sp³-hybridized carbons (Fsp3) is 0.364. The van der Waals surface area contributed by atoms with Gasteiger partial charge >= 0.3 is 0 Å². The van der Waals surface area contributed by atoms with Crippen LogP contribution in [0.15, 0.2) is 12.1 Å². The Bertz CT molecular complexity index is 565. The quantitative estimate of drug-likeness (QED) is 0.813. The number of hydrogen-bond donors (Lipinski definition) is 2. The highest BCUT2D eigenvalue weighted by Crippen LogP contribution is 2.31. The van der Waals surface area contributed by atoms with Crippen LogP contribution in [0.2, 0.25) is 10.0 Å². The summed E-state index contributed by atoms with van der Waals surface area (Å²) in [7, 11) is -3.41. The molecule has 1 amide bonds. The van der Waals surface area contributed by atoms with Gasteiger partial charge in [-0.2, -0.15) is 0 Å². The minimum absolute atomic E-state index is 0.0374. The Morgan fingerprint density at radius 1 is 1.37 bits per heavy atom. The molecular formula is C11H14Cl2N2O3S.